The van der Waals surface area contributed by atoms with Crippen molar-refractivity contribution in [3.8, 4) is 0 Å². The third kappa shape index (κ3) is 6.50. The fraction of sp³-hybridized carbons (Fsp3) is 0.889. The normalized spacial score (nSPS) is 19.3. The lowest BCUT2D eigenvalue weighted by atomic mass is 9.83. The molecule has 0 bridgehead atoms. The Labute approximate surface area is 131 Å². The van der Waals surface area contributed by atoms with Gasteiger partial charge in [-0.3, -0.25) is 0 Å². The number of hydrogen-bond acceptors (Lipinski definition) is 3. The van der Waals surface area contributed by atoms with Crippen LogP contribution in [-0.4, -0.2) is 38.0 Å². The zero-order chi connectivity index (χ0) is 15.4. The molecular weight excluding hydrogens is 262 g/mol. The molecule has 1 heterocycles. The van der Waals surface area contributed by atoms with Crippen LogP contribution in [0.1, 0.15) is 65.2 Å². The predicted octanol–water partition coefficient (Wildman–Crippen LogP) is 4.08. The van der Waals surface area contributed by atoms with E-state index in [1.165, 1.54) is 32.1 Å². The SMILES string of the molecule is C=CCCCCCC(NCCC)C1(OCC)CCOCC1. The Morgan fingerprint density at radius 1 is 1.24 bits per heavy atom. The molecule has 0 amide bonds. The summed E-state index contributed by atoms with van der Waals surface area (Å²) in [5, 5.41) is 3.75. The topological polar surface area (TPSA) is 30.5 Å². The molecule has 1 aliphatic heterocycles. The van der Waals surface area contributed by atoms with Crippen LogP contribution in [0.4, 0.5) is 0 Å². The molecule has 0 radical (unpaired) electrons. The van der Waals surface area contributed by atoms with Gasteiger partial charge >= 0.3 is 0 Å². The van der Waals surface area contributed by atoms with E-state index in [4.69, 9.17) is 9.47 Å². The van der Waals surface area contributed by atoms with Crippen molar-refractivity contribution in [3.63, 3.8) is 0 Å². The summed E-state index contributed by atoms with van der Waals surface area (Å²) < 4.78 is 11.8. The lowest BCUT2D eigenvalue weighted by Crippen LogP contribution is -2.55. The van der Waals surface area contributed by atoms with Gasteiger partial charge in [-0.2, -0.15) is 0 Å². The first-order valence-corrected chi connectivity index (χ1v) is 8.85. The standard InChI is InChI=1S/C18H35NO2/c1-4-7-8-9-10-11-17(19-14-5-2)18(21-6-3)12-15-20-16-13-18/h4,17,19H,1,5-16H2,2-3H3. The first-order chi connectivity index (χ1) is 10.3. The molecule has 0 aromatic rings. The molecule has 1 unspecified atom stereocenters. The van der Waals surface area contributed by atoms with Gasteiger partial charge in [-0.05, 0) is 39.2 Å². The lowest BCUT2D eigenvalue weighted by Gasteiger charge is -2.43. The van der Waals surface area contributed by atoms with Gasteiger partial charge in [-0.15, -0.1) is 6.58 Å². The summed E-state index contributed by atoms with van der Waals surface area (Å²) in [7, 11) is 0. The summed E-state index contributed by atoms with van der Waals surface area (Å²) in [5.74, 6) is 0. The van der Waals surface area contributed by atoms with E-state index in [9.17, 15) is 0 Å². The van der Waals surface area contributed by atoms with E-state index in [0.29, 0.717) is 6.04 Å². The molecule has 0 aromatic carbocycles. The van der Waals surface area contributed by atoms with Gasteiger partial charge in [0.2, 0.25) is 0 Å². The van der Waals surface area contributed by atoms with Crippen molar-refractivity contribution in [2.75, 3.05) is 26.4 Å². The zero-order valence-electron chi connectivity index (χ0n) is 14.2. The maximum atomic E-state index is 6.25. The highest BCUT2D eigenvalue weighted by atomic mass is 16.5. The summed E-state index contributed by atoms with van der Waals surface area (Å²) in [4.78, 5) is 0. The average molecular weight is 297 g/mol. The molecular formula is C18H35NO2. The van der Waals surface area contributed by atoms with Crippen LogP contribution in [0.5, 0.6) is 0 Å². The molecule has 0 spiro atoms. The van der Waals surface area contributed by atoms with Crippen LogP contribution in [0.3, 0.4) is 0 Å². The Morgan fingerprint density at radius 2 is 2.00 bits per heavy atom. The van der Waals surface area contributed by atoms with Crippen molar-refractivity contribution in [3.05, 3.63) is 12.7 Å². The fourth-order valence-corrected chi connectivity index (χ4v) is 3.28. The number of nitrogens with one attached hydrogen (secondary N) is 1. The summed E-state index contributed by atoms with van der Waals surface area (Å²) in [6.07, 6.45) is 11.4. The quantitative estimate of drug-likeness (QED) is 0.435. The van der Waals surface area contributed by atoms with Crippen LogP contribution >= 0.6 is 0 Å². The average Bonchev–Trinajstić information content (AvgIpc) is 2.51. The highest BCUT2D eigenvalue weighted by Gasteiger charge is 2.40. The molecule has 21 heavy (non-hydrogen) atoms. The van der Waals surface area contributed by atoms with Gasteiger partial charge in [0.1, 0.15) is 0 Å². The Bertz CT molecular complexity index is 256. The van der Waals surface area contributed by atoms with Gasteiger partial charge in [0.15, 0.2) is 0 Å². The zero-order valence-corrected chi connectivity index (χ0v) is 14.2. The van der Waals surface area contributed by atoms with E-state index in [0.717, 1.165) is 45.6 Å². The maximum Gasteiger partial charge on any atom is 0.0878 e. The van der Waals surface area contributed by atoms with Crippen molar-refractivity contribution in [2.24, 2.45) is 0 Å². The summed E-state index contributed by atoms with van der Waals surface area (Å²) in [6, 6.07) is 0.463. The number of ether oxygens (including phenoxy) is 2. The number of allylic oxidation sites excluding steroid dienone is 1. The van der Waals surface area contributed by atoms with Crippen molar-refractivity contribution < 1.29 is 9.47 Å². The second kappa shape index (κ2) is 11.2. The molecule has 1 atom stereocenters. The minimum absolute atomic E-state index is 0.0133. The second-order valence-electron chi connectivity index (χ2n) is 6.04. The van der Waals surface area contributed by atoms with Crippen molar-refractivity contribution in [2.45, 2.75) is 76.9 Å². The second-order valence-corrected chi connectivity index (χ2v) is 6.04. The molecule has 0 aromatic heterocycles. The van der Waals surface area contributed by atoms with Crippen LogP contribution in [0.2, 0.25) is 0 Å². The van der Waals surface area contributed by atoms with Crippen molar-refractivity contribution in [1.29, 1.82) is 0 Å². The predicted molar refractivity (Wildman–Crippen MR) is 89.8 cm³/mol. The lowest BCUT2D eigenvalue weighted by molar-refractivity contribution is -0.128. The Hall–Kier alpha value is -0.380. The molecule has 1 N–H and O–H groups in total. The third-order valence-corrected chi connectivity index (χ3v) is 4.45. The van der Waals surface area contributed by atoms with Gasteiger partial charge in [0.05, 0.1) is 5.60 Å². The first kappa shape index (κ1) is 18.7. The molecule has 0 aliphatic carbocycles. The van der Waals surface area contributed by atoms with Gasteiger partial charge in [-0.25, -0.2) is 0 Å². The molecule has 3 nitrogen and oxygen atoms in total. The van der Waals surface area contributed by atoms with Gasteiger partial charge in [0, 0.05) is 38.7 Å². The van der Waals surface area contributed by atoms with Crippen LogP contribution < -0.4 is 5.32 Å². The van der Waals surface area contributed by atoms with Crippen LogP contribution in [0.25, 0.3) is 0 Å². The van der Waals surface area contributed by atoms with Gasteiger partial charge in [-0.1, -0.05) is 25.8 Å². The van der Waals surface area contributed by atoms with Crippen molar-refractivity contribution in [1.82, 2.24) is 5.32 Å². The molecule has 1 rings (SSSR count). The Balaban J connectivity index is 2.56. The largest absolute Gasteiger partial charge is 0.381 e. The molecule has 1 fully saturated rings. The van der Waals surface area contributed by atoms with Crippen LogP contribution in [0.15, 0.2) is 12.7 Å². The van der Waals surface area contributed by atoms with Crippen LogP contribution in [-0.2, 0) is 9.47 Å². The highest BCUT2D eigenvalue weighted by molar-refractivity contribution is 4.95. The van der Waals surface area contributed by atoms with E-state index in [-0.39, 0.29) is 5.60 Å². The maximum absolute atomic E-state index is 6.25. The Morgan fingerprint density at radius 3 is 2.62 bits per heavy atom. The van der Waals surface area contributed by atoms with E-state index < -0.39 is 0 Å². The smallest absolute Gasteiger partial charge is 0.0878 e. The summed E-state index contributed by atoms with van der Waals surface area (Å²) in [6.45, 7) is 11.7. The summed E-state index contributed by atoms with van der Waals surface area (Å²) in [5.41, 5.74) is -0.0133. The number of hydrogen-bond donors (Lipinski definition) is 1. The van der Waals surface area contributed by atoms with Crippen molar-refractivity contribution >= 4 is 0 Å². The van der Waals surface area contributed by atoms with E-state index >= 15 is 0 Å². The molecule has 3 heteroatoms. The molecule has 124 valence electrons. The van der Waals surface area contributed by atoms with Gasteiger partial charge < -0.3 is 14.8 Å². The molecule has 0 saturated carbocycles. The Kier molecular flexibility index (Phi) is 9.98. The minimum Gasteiger partial charge on any atom is -0.381 e. The minimum atomic E-state index is -0.0133. The van der Waals surface area contributed by atoms with Crippen LogP contribution in [0, 0.1) is 0 Å². The highest BCUT2D eigenvalue weighted by Crippen LogP contribution is 2.31. The number of rotatable bonds is 12. The fourth-order valence-electron chi connectivity index (χ4n) is 3.28. The summed E-state index contributed by atoms with van der Waals surface area (Å²) >= 11 is 0. The molecule has 1 aliphatic rings. The first-order valence-electron chi connectivity index (χ1n) is 8.85. The van der Waals surface area contributed by atoms with Gasteiger partial charge in [0.25, 0.3) is 0 Å². The number of unbranched alkanes of at least 4 members (excludes halogenated alkanes) is 3. The van der Waals surface area contributed by atoms with E-state index in [2.05, 4.69) is 25.7 Å². The van der Waals surface area contributed by atoms with E-state index in [1.807, 2.05) is 6.08 Å². The van der Waals surface area contributed by atoms with E-state index in [1.54, 1.807) is 0 Å². The third-order valence-electron chi connectivity index (χ3n) is 4.45. The monoisotopic (exact) mass is 297 g/mol. The molecule has 1 saturated heterocycles.